The number of piperidine rings is 1. The van der Waals surface area contributed by atoms with Crippen molar-refractivity contribution in [3.05, 3.63) is 76.8 Å². The number of aromatic nitrogens is 2. The quantitative estimate of drug-likeness (QED) is 0.395. The van der Waals surface area contributed by atoms with Crippen molar-refractivity contribution in [2.45, 2.75) is 38.8 Å². The number of hydrogen-bond acceptors (Lipinski definition) is 5. The molecule has 1 unspecified atom stereocenters. The Hall–Kier alpha value is -2.96. The van der Waals surface area contributed by atoms with Crippen molar-refractivity contribution in [3.8, 4) is 11.5 Å². The van der Waals surface area contributed by atoms with E-state index in [4.69, 9.17) is 30.8 Å². The maximum atomic E-state index is 6.53. The molecule has 0 saturated carbocycles. The van der Waals surface area contributed by atoms with Gasteiger partial charge in [0.2, 0.25) is 6.79 Å². The molecule has 2 aromatic carbocycles. The molecule has 0 radical (unpaired) electrons. The summed E-state index contributed by atoms with van der Waals surface area (Å²) in [5, 5.41) is 0.747. The number of imidazole rings is 1. The number of fused-ring (bicyclic) bond motifs is 2. The maximum absolute atomic E-state index is 6.53. The standard InChI is InChI=1S/C29H32ClN3O3/c1-34-26-9-5-2-6-21(26)18-33-25-8-4-3-7-24(25)31-29(33)14-20-10-12-32(13-11-20)17-22-15-27-28(16-23(22)30)36-19-35-27/h2-5,7-9,15-16,20-21H,6,10-14,17-19H2,1H3. The molecule has 1 saturated heterocycles. The molecular formula is C29H32ClN3O3. The predicted octanol–water partition coefficient (Wildman–Crippen LogP) is 5.98. The van der Waals surface area contributed by atoms with Gasteiger partial charge in [0.15, 0.2) is 11.5 Å². The molecule has 3 aliphatic rings. The number of hydrogen-bond donors (Lipinski definition) is 0. The number of rotatable bonds is 7. The molecular weight excluding hydrogens is 474 g/mol. The highest BCUT2D eigenvalue weighted by Gasteiger charge is 2.25. The van der Waals surface area contributed by atoms with Crippen molar-refractivity contribution in [1.82, 2.24) is 14.5 Å². The molecule has 1 aliphatic carbocycles. The van der Waals surface area contributed by atoms with Gasteiger partial charge in [0.25, 0.3) is 0 Å². The van der Waals surface area contributed by atoms with Crippen LogP contribution >= 0.6 is 11.6 Å². The number of nitrogens with zero attached hydrogens (tertiary/aromatic N) is 3. The van der Waals surface area contributed by atoms with Gasteiger partial charge < -0.3 is 18.8 Å². The first kappa shape index (κ1) is 23.4. The summed E-state index contributed by atoms with van der Waals surface area (Å²) in [5.74, 6) is 4.73. The first-order valence-electron chi connectivity index (χ1n) is 12.8. The number of likely N-dealkylation sites (tertiary alicyclic amines) is 1. The summed E-state index contributed by atoms with van der Waals surface area (Å²) in [4.78, 5) is 7.58. The van der Waals surface area contributed by atoms with Crippen LogP contribution in [0.25, 0.3) is 11.0 Å². The third-order valence-corrected chi connectivity index (χ3v) is 8.06. The minimum Gasteiger partial charge on any atom is -0.501 e. The zero-order valence-corrected chi connectivity index (χ0v) is 21.4. The SMILES string of the molecule is COC1=CC=CCC1Cn1c(CC2CCN(Cc3cc4c(cc3Cl)OCO4)CC2)nc2ccccc21. The number of benzene rings is 2. The summed E-state index contributed by atoms with van der Waals surface area (Å²) >= 11 is 6.53. The monoisotopic (exact) mass is 505 g/mol. The van der Waals surface area contributed by atoms with Crippen molar-refractivity contribution in [3.63, 3.8) is 0 Å². The lowest BCUT2D eigenvalue weighted by atomic mass is 9.92. The fourth-order valence-electron chi connectivity index (χ4n) is 5.69. The van der Waals surface area contributed by atoms with Crippen molar-refractivity contribution in [2.24, 2.45) is 11.8 Å². The highest BCUT2D eigenvalue weighted by molar-refractivity contribution is 6.31. The van der Waals surface area contributed by atoms with Crippen LogP contribution in [-0.4, -0.2) is 41.4 Å². The van der Waals surface area contributed by atoms with Crippen LogP contribution in [0.15, 0.2) is 60.4 Å². The van der Waals surface area contributed by atoms with E-state index in [9.17, 15) is 0 Å². The molecule has 7 heteroatoms. The molecule has 0 N–H and O–H groups in total. The van der Waals surface area contributed by atoms with Gasteiger partial charge in [-0.05, 0) is 68.1 Å². The molecule has 0 amide bonds. The van der Waals surface area contributed by atoms with Gasteiger partial charge in [-0.1, -0.05) is 35.9 Å². The van der Waals surface area contributed by atoms with Crippen molar-refractivity contribution >= 4 is 22.6 Å². The van der Waals surface area contributed by atoms with Gasteiger partial charge in [0, 0.05) is 36.5 Å². The van der Waals surface area contributed by atoms with E-state index in [2.05, 4.69) is 52.0 Å². The zero-order chi connectivity index (χ0) is 24.5. The molecule has 1 fully saturated rings. The molecule has 0 spiro atoms. The average Bonchev–Trinajstić information content (AvgIpc) is 3.49. The van der Waals surface area contributed by atoms with E-state index < -0.39 is 0 Å². The second-order valence-corrected chi connectivity index (χ2v) is 10.4. The highest BCUT2D eigenvalue weighted by Crippen LogP contribution is 2.37. The van der Waals surface area contributed by atoms with E-state index in [1.165, 1.54) is 11.3 Å². The van der Waals surface area contributed by atoms with E-state index in [1.807, 2.05) is 12.1 Å². The number of allylic oxidation sites excluding steroid dienone is 4. The second kappa shape index (κ2) is 10.2. The van der Waals surface area contributed by atoms with E-state index in [-0.39, 0.29) is 6.79 Å². The van der Waals surface area contributed by atoms with Crippen LogP contribution in [0.2, 0.25) is 5.02 Å². The van der Waals surface area contributed by atoms with Gasteiger partial charge in [-0.15, -0.1) is 0 Å². The first-order valence-corrected chi connectivity index (χ1v) is 13.2. The maximum Gasteiger partial charge on any atom is 0.231 e. The Bertz CT molecular complexity index is 1310. The summed E-state index contributed by atoms with van der Waals surface area (Å²) in [6, 6.07) is 12.4. The van der Waals surface area contributed by atoms with Gasteiger partial charge >= 0.3 is 0 Å². The van der Waals surface area contributed by atoms with E-state index >= 15 is 0 Å². The summed E-state index contributed by atoms with van der Waals surface area (Å²) in [5.41, 5.74) is 3.40. The smallest absolute Gasteiger partial charge is 0.231 e. The Labute approximate surface area is 217 Å². The number of methoxy groups -OCH3 is 1. The van der Waals surface area contributed by atoms with Gasteiger partial charge in [-0.3, -0.25) is 4.90 Å². The lowest BCUT2D eigenvalue weighted by molar-refractivity contribution is 0.172. The summed E-state index contributed by atoms with van der Waals surface area (Å²) < 4.78 is 19.1. The molecule has 6 nitrogen and oxygen atoms in total. The average molecular weight is 506 g/mol. The van der Waals surface area contributed by atoms with Crippen LogP contribution in [0, 0.1) is 11.8 Å². The Morgan fingerprint density at radius 1 is 1.11 bits per heavy atom. The third-order valence-electron chi connectivity index (χ3n) is 7.71. The highest BCUT2D eigenvalue weighted by atomic mass is 35.5. The van der Waals surface area contributed by atoms with E-state index in [0.29, 0.717) is 11.8 Å². The lowest BCUT2D eigenvalue weighted by Crippen LogP contribution is -2.34. The second-order valence-electron chi connectivity index (χ2n) is 9.98. The topological polar surface area (TPSA) is 48.8 Å². The fourth-order valence-corrected chi connectivity index (χ4v) is 5.90. The van der Waals surface area contributed by atoms with E-state index in [1.54, 1.807) is 7.11 Å². The minimum absolute atomic E-state index is 0.270. The van der Waals surface area contributed by atoms with Gasteiger partial charge in [-0.2, -0.15) is 0 Å². The first-order chi connectivity index (χ1) is 17.7. The van der Waals surface area contributed by atoms with Crippen molar-refractivity contribution in [1.29, 1.82) is 0 Å². The van der Waals surface area contributed by atoms with Crippen LogP contribution in [0.4, 0.5) is 0 Å². The van der Waals surface area contributed by atoms with Gasteiger partial charge in [0.05, 0.1) is 18.1 Å². The Morgan fingerprint density at radius 3 is 2.75 bits per heavy atom. The van der Waals surface area contributed by atoms with Crippen LogP contribution in [0.5, 0.6) is 11.5 Å². The fraction of sp³-hybridized carbons (Fsp3) is 0.414. The number of halogens is 1. The molecule has 36 heavy (non-hydrogen) atoms. The van der Waals surface area contributed by atoms with Crippen LogP contribution in [0.1, 0.15) is 30.7 Å². The molecule has 1 aromatic heterocycles. The number of ether oxygens (including phenoxy) is 3. The predicted molar refractivity (Wildman–Crippen MR) is 141 cm³/mol. The minimum atomic E-state index is 0.270. The van der Waals surface area contributed by atoms with Gasteiger partial charge in [-0.25, -0.2) is 4.98 Å². The molecule has 2 aliphatic heterocycles. The van der Waals surface area contributed by atoms with Gasteiger partial charge in [0.1, 0.15) is 11.6 Å². The van der Waals surface area contributed by atoms with Crippen LogP contribution in [0.3, 0.4) is 0 Å². The van der Waals surface area contributed by atoms with Crippen LogP contribution < -0.4 is 9.47 Å². The van der Waals surface area contributed by atoms with Crippen LogP contribution in [-0.2, 0) is 24.2 Å². The van der Waals surface area contributed by atoms with E-state index in [0.717, 1.165) is 85.2 Å². The Kier molecular flexibility index (Phi) is 6.63. The zero-order valence-electron chi connectivity index (χ0n) is 20.7. The molecule has 3 aromatic rings. The summed E-state index contributed by atoms with van der Waals surface area (Å²) in [6.07, 6.45) is 10.7. The largest absolute Gasteiger partial charge is 0.501 e. The molecule has 3 heterocycles. The molecule has 1 atom stereocenters. The molecule has 0 bridgehead atoms. The lowest BCUT2D eigenvalue weighted by Gasteiger charge is -2.32. The normalized spacial score (nSPS) is 20.2. The Balaban J connectivity index is 1.13. The summed E-state index contributed by atoms with van der Waals surface area (Å²) in [6.45, 7) is 4.11. The third kappa shape index (κ3) is 4.72. The van der Waals surface area contributed by atoms with Crippen molar-refractivity contribution in [2.75, 3.05) is 27.0 Å². The molecule has 188 valence electrons. The molecule has 6 rings (SSSR count). The Morgan fingerprint density at radius 2 is 1.92 bits per heavy atom. The summed E-state index contributed by atoms with van der Waals surface area (Å²) in [7, 11) is 1.77. The number of para-hydroxylation sites is 2. The van der Waals surface area contributed by atoms with Crippen molar-refractivity contribution < 1.29 is 14.2 Å².